The van der Waals surface area contributed by atoms with Gasteiger partial charge in [-0.15, -0.1) is 0 Å². The first-order valence-corrected chi connectivity index (χ1v) is 11.6. The van der Waals surface area contributed by atoms with Crippen molar-refractivity contribution in [2.75, 3.05) is 51.6 Å². The van der Waals surface area contributed by atoms with Crippen molar-refractivity contribution in [2.24, 2.45) is 4.99 Å². The minimum atomic E-state index is -0.282. The number of likely N-dealkylation sites (N-methyl/N-ethyl adjacent to an activating group) is 1. The molecule has 1 atom stereocenters. The normalized spacial score (nSPS) is 17.2. The Morgan fingerprint density at radius 3 is 2.28 bits per heavy atom. The molecule has 1 aromatic rings. The van der Waals surface area contributed by atoms with Crippen molar-refractivity contribution in [3.63, 3.8) is 0 Å². The third-order valence-corrected chi connectivity index (χ3v) is 5.11. The van der Waals surface area contributed by atoms with E-state index >= 15 is 0 Å². The van der Waals surface area contributed by atoms with Crippen LogP contribution in [0.25, 0.3) is 0 Å². The fraction of sp³-hybridized carbons (Fsp3) is 0.667. The number of benzene rings is 1. The molecule has 0 saturated carbocycles. The van der Waals surface area contributed by atoms with Crippen LogP contribution in [0.15, 0.2) is 29.3 Å². The van der Waals surface area contributed by atoms with Gasteiger partial charge in [0, 0.05) is 50.0 Å². The summed E-state index contributed by atoms with van der Waals surface area (Å²) in [5, 5.41) is 9.69. The number of ether oxygens (including phenoxy) is 1. The van der Waals surface area contributed by atoms with Crippen LogP contribution in [0.4, 0.5) is 5.69 Å². The molecule has 0 radical (unpaired) electrons. The van der Waals surface area contributed by atoms with Gasteiger partial charge in [0.1, 0.15) is 12.3 Å². The highest BCUT2D eigenvalue weighted by Crippen LogP contribution is 2.17. The Hall–Kier alpha value is -2.32. The van der Waals surface area contributed by atoms with Gasteiger partial charge in [0.25, 0.3) is 0 Å². The lowest BCUT2D eigenvalue weighted by Crippen LogP contribution is -2.51. The number of carbonyl (C=O) groups excluding carboxylic acids is 1. The minimum Gasteiger partial charge on any atom is -0.491 e. The number of aliphatic imine (C=N–C) groups is 1. The molecule has 8 heteroatoms. The summed E-state index contributed by atoms with van der Waals surface area (Å²) in [5.74, 6) is 1.31. The smallest absolute Gasteiger partial charge is 0.242 e. The Morgan fingerprint density at radius 2 is 1.72 bits per heavy atom. The van der Waals surface area contributed by atoms with E-state index in [9.17, 15) is 4.79 Å². The lowest BCUT2D eigenvalue weighted by Gasteiger charge is -2.36. The van der Waals surface area contributed by atoms with Crippen LogP contribution in [0, 0.1) is 0 Å². The topological polar surface area (TPSA) is 81.2 Å². The molecule has 1 saturated heterocycles. The van der Waals surface area contributed by atoms with Crippen molar-refractivity contribution in [3.8, 4) is 5.75 Å². The van der Waals surface area contributed by atoms with E-state index in [1.807, 2.05) is 58.9 Å². The van der Waals surface area contributed by atoms with Crippen molar-refractivity contribution < 1.29 is 9.53 Å². The van der Waals surface area contributed by atoms with Crippen LogP contribution in [0.1, 0.15) is 41.5 Å². The molecule has 180 valence electrons. The van der Waals surface area contributed by atoms with E-state index in [4.69, 9.17) is 4.74 Å². The highest BCUT2D eigenvalue weighted by Gasteiger charge is 2.19. The number of piperazine rings is 1. The number of hydrogen-bond donors (Lipinski definition) is 3. The molecular weight excluding hydrogens is 404 g/mol. The van der Waals surface area contributed by atoms with Gasteiger partial charge in [-0.3, -0.25) is 9.69 Å². The Labute approximate surface area is 193 Å². The van der Waals surface area contributed by atoms with Gasteiger partial charge in [-0.25, -0.2) is 4.99 Å². The average molecular weight is 447 g/mol. The largest absolute Gasteiger partial charge is 0.491 e. The minimum absolute atomic E-state index is 0.0596. The molecule has 2 rings (SSSR count). The number of carbonyl (C=O) groups is 1. The second-order valence-electron chi connectivity index (χ2n) is 9.85. The third-order valence-electron chi connectivity index (χ3n) is 5.11. The molecule has 1 aliphatic rings. The van der Waals surface area contributed by atoms with E-state index < -0.39 is 0 Å². The monoisotopic (exact) mass is 446 g/mol. The van der Waals surface area contributed by atoms with Gasteiger partial charge in [-0.1, -0.05) is 0 Å². The molecule has 0 aromatic heterocycles. The van der Waals surface area contributed by atoms with Crippen molar-refractivity contribution in [1.29, 1.82) is 0 Å². The maximum atomic E-state index is 12.3. The Bertz CT molecular complexity index is 734. The molecule has 1 amide bonds. The van der Waals surface area contributed by atoms with E-state index in [1.165, 1.54) is 0 Å². The first-order valence-electron chi connectivity index (χ1n) is 11.6. The molecule has 3 N–H and O–H groups in total. The van der Waals surface area contributed by atoms with E-state index in [2.05, 4.69) is 44.7 Å². The quantitative estimate of drug-likeness (QED) is 0.420. The van der Waals surface area contributed by atoms with Crippen molar-refractivity contribution >= 4 is 17.6 Å². The van der Waals surface area contributed by atoms with Gasteiger partial charge >= 0.3 is 0 Å². The molecule has 1 heterocycles. The standard InChI is InChI=1S/C24H42N6O2/c1-18(2)32-21-10-8-20(9-11-21)27-23(26-17-22(31)28-24(4,5)6)25-16-19(3)30-14-12-29(7)13-15-30/h8-11,18-19H,12-17H2,1-7H3,(H,28,31)(H2,25,26,27). The van der Waals surface area contributed by atoms with Crippen molar-refractivity contribution in [2.45, 2.75) is 59.2 Å². The van der Waals surface area contributed by atoms with Gasteiger partial charge < -0.3 is 25.6 Å². The lowest BCUT2D eigenvalue weighted by molar-refractivity contribution is -0.121. The highest BCUT2D eigenvalue weighted by molar-refractivity contribution is 5.95. The number of nitrogens with one attached hydrogen (secondary N) is 3. The molecule has 8 nitrogen and oxygen atoms in total. The first-order chi connectivity index (χ1) is 15.0. The summed E-state index contributed by atoms with van der Waals surface area (Å²) < 4.78 is 5.72. The molecule has 1 fully saturated rings. The van der Waals surface area contributed by atoms with Crippen LogP contribution in [-0.4, -0.2) is 85.7 Å². The second kappa shape index (κ2) is 12.1. The molecule has 1 unspecified atom stereocenters. The average Bonchev–Trinajstić information content (AvgIpc) is 2.70. The molecular formula is C24H42N6O2. The molecule has 0 aliphatic carbocycles. The summed E-state index contributed by atoms with van der Waals surface area (Å²) in [4.78, 5) is 21.6. The molecule has 32 heavy (non-hydrogen) atoms. The fourth-order valence-electron chi connectivity index (χ4n) is 3.41. The summed E-state index contributed by atoms with van der Waals surface area (Å²) in [5.41, 5.74) is 0.603. The van der Waals surface area contributed by atoms with Crippen molar-refractivity contribution in [1.82, 2.24) is 20.4 Å². The SMILES string of the molecule is CC(C)Oc1ccc(NC(=NCC(=O)NC(C)(C)C)NCC(C)N2CCN(C)CC2)cc1. The maximum absolute atomic E-state index is 12.3. The fourth-order valence-corrected chi connectivity index (χ4v) is 3.41. The summed E-state index contributed by atoms with van der Waals surface area (Å²) in [7, 11) is 2.16. The van der Waals surface area contributed by atoms with Gasteiger partial charge in [0.2, 0.25) is 5.91 Å². The van der Waals surface area contributed by atoms with Crippen LogP contribution in [0.5, 0.6) is 5.75 Å². The zero-order valence-electron chi connectivity index (χ0n) is 20.9. The van der Waals surface area contributed by atoms with Crippen LogP contribution in [0.2, 0.25) is 0 Å². The number of rotatable bonds is 8. The van der Waals surface area contributed by atoms with E-state index in [1.54, 1.807) is 0 Å². The summed E-state index contributed by atoms with van der Waals surface area (Å²) in [6, 6.07) is 8.13. The van der Waals surface area contributed by atoms with Gasteiger partial charge in [0.15, 0.2) is 5.96 Å². The van der Waals surface area contributed by atoms with E-state index in [-0.39, 0.29) is 24.1 Å². The number of anilines is 1. The predicted molar refractivity (Wildman–Crippen MR) is 133 cm³/mol. The van der Waals surface area contributed by atoms with Crippen LogP contribution < -0.4 is 20.7 Å². The molecule has 1 aliphatic heterocycles. The van der Waals surface area contributed by atoms with E-state index in [0.717, 1.165) is 44.2 Å². The number of hydrogen-bond acceptors (Lipinski definition) is 5. The van der Waals surface area contributed by atoms with E-state index in [0.29, 0.717) is 12.0 Å². The van der Waals surface area contributed by atoms with Gasteiger partial charge in [-0.2, -0.15) is 0 Å². The number of nitrogens with zero attached hydrogens (tertiary/aromatic N) is 3. The zero-order valence-corrected chi connectivity index (χ0v) is 20.9. The Kier molecular flexibility index (Phi) is 9.78. The predicted octanol–water partition coefficient (Wildman–Crippen LogP) is 2.38. The summed E-state index contributed by atoms with van der Waals surface area (Å²) >= 11 is 0. The second-order valence-corrected chi connectivity index (χ2v) is 9.85. The number of guanidine groups is 1. The van der Waals surface area contributed by atoms with Crippen LogP contribution in [-0.2, 0) is 4.79 Å². The highest BCUT2D eigenvalue weighted by atomic mass is 16.5. The van der Waals surface area contributed by atoms with Crippen LogP contribution in [0.3, 0.4) is 0 Å². The molecule has 0 spiro atoms. The van der Waals surface area contributed by atoms with Crippen molar-refractivity contribution in [3.05, 3.63) is 24.3 Å². The van der Waals surface area contributed by atoms with Gasteiger partial charge in [0.05, 0.1) is 6.10 Å². The Balaban J connectivity index is 2.01. The van der Waals surface area contributed by atoms with Gasteiger partial charge in [-0.05, 0) is 72.9 Å². The first kappa shape index (κ1) is 25.9. The lowest BCUT2D eigenvalue weighted by atomic mass is 10.1. The zero-order chi connectivity index (χ0) is 23.7. The Morgan fingerprint density at radius 1 is 1.09 bits per heavy atom. The summed E-state index contributed by atoms with van der Waals surface area (Å²) in [6.45, 7) is 17.2. The third kappa shape index (κ3) is 9.87. The molecule has 0 bridgehead atoms. The maximum Gasteiger partial charge on any atom is 0.242 e. The molecule has 1 aromatic carbocycles. The van der Waals surface area contributed by atoms with Crippen LogP contribution >= 0.6 is 0 Å². The summed E-state index contributed by atoms with van der Waals surface area (Å²) in [6.07, 6.45) is 0.130. The number of amides is 1.